The maximum Gasteiger partial charge on any atom is 0.103 e. The quantitative estimate of drug-likeness (QED) is 0.713. The fourth-order valence-corrected chi connectivity index (χ4v) is 3.22. The van der Waals surface area contributed by atoms with Crippen molar-refractivity contribution in [1.29, 1.82) is 0 Å². The summed E-state index contributed by atoms with van der Waals surface area (Å²) in [5.41, 5.74) is 1.23. The first-order chi connectivity index (χ1) is 7.84. The molecule has 1 aliphatic carbocycles. The summed E-state index contributed by atoms with van der Waals surface area (Å²) in [6.07, 6.45) is 6.56. The molecule has 80 valence electrons. The Morgan fingerprint density at radius 2 is 2.00 bits per heavy atom. The minimum atomic E-state index is 0.352. The van der Waals surface area contributed by atoms with Crippen molar-refractivity contribution in [3.05, 3.63) is 59.0 Å². The molecule has 2 atom stereocenters. The lowest BCUT2D eigenvalue weighted by molar-refractivity contribution is 0.626. The highest BCUT2D eigenvalue weighted by molar-refractivity contribution is 8.18. The zero-order valence-corrected chi connectivity index (χ0v) is 9.95. The third kappa shape index (κ3) is 1.63. The van der Waals surface area contributed by atoms with Crippen molar-refractivity contribution in [1.82, 2.24) is 0 Å². The maximum absolute atomic E-state index is 4.82. The van der Waals surface area contributed by atoms with Crippen LogP contribution < -0.4 is 0 Å². The molecule has 0 fully saturated rings. The van der Waals surface area contributed by atoms with Crippen LogP contribution in [-0.2, 0) is 0 Å². The molecular formula is C14H13NS. The second-order valence-electron chi connectivity index (χ2n) is 4.16. The predicted octanol–water partition coefficient (Wildman–Crippen LogP) is 3.64. The molecule has 1 aromatic rings. The van der Waals surface area contributed by atoms with E-state index in [9.17, 15) is 0 Å². The first-order valence-electron chi connectivity index (χ1n) is 5.54. The number of fused-ring (bicyclic) bond motifs is 1. The Balaban J connectivity index is 1.94. The van der Waals surface area contributed by atoms with Gasteiger partial charge in [-0.25, -0.2) is 0 Å². The lowest BCUT2D eigenvalue weighted by Crippen LogP contribution is -2.14. The third-order valence-electron chi connectivity index (χ3n) is 2.96. The Labute approximate surface area is 100.0 Å². The third-order valence-corrected chi connectivity index (χ3v) is 4.10. The number of hydrogen-bond donors (Lipinski definition) is 0. The van der Waals surface area contributed by atoms with E-state index >= 15 is 0 Å². The minimum absolute atomic E-state index is 0.352. The van der Waals surface area contributed by atoms with Gasteiger partial charge in [0.15, 0.2) is 0 Å². The van der Waals surface area contributed by atoms with Gasteiger partial charge in [-0.15, -0.1) is 0 Å². The van der Waals surface area contributed by atoms with Gasteiger partial charge in [0.1, 0.15) is 5.04 Å². The largest absolute Gasteiger partial charge is 0.268 e. The minimum Gasteiger partial charge on any atom is -0.268 e. The smallest absolute Gasteiger partial charge is 0.103 e. The monoisotopic (exact) mass is 227 g/mol. The van der Waals surface area contributed by atoms with E-state index in [1.165, 1.54) is 10.5 Å². The molecule has 2 aliphatic rings. The van der Waals surface area contributed by atoms with Crippen molar-refractivity contribution in [3.63, 3.8) is 0 Å². The summed E-state index contributed by atoms with van der Waals surface area (Å²) in [5.74, 6) is 0.522. The van der Waals surface area contributed by atoms with Crippen molar-refractivity contribution in [2.75, 3.05) is 0 Å². The van der Waals surface area contributed by atoms with E-state index in [0.717, 1.165) is 5.04 Å². The van der Waals surface area contributed by atoms with Gasteiger partial charge in [0.2, 0.25) is 0 Å². The van der Waals surface area contributed by atoms with E-state index in [1.54, 1.807) is 0 Å². The zero-order chi connectivity index (χ0) is 11.0. The summed E-state index contributed by atoms with van der Waals surface area (Å²) in [5, 5.41) is 1.16. The lowest BCUT2D eigenvalue weighted by atomic mass is 9.97. The molecule has 0 N–H and O–H groups in total. The van der Waals surface area contributed by atoms with Crippen LogP contribution in [0.3, 0.4) is 0 Å². The molecule has 3 rings (SSSR count). The van der Waals surface area contributed by atoms with Gasteiger partial charge in [-0.1, -0.05) is 67.2 Å². The van der Waals surface area contributed by atoms with Crippen molar-refractivity contribution in [2.45, 2.75) is 13.0 Å². The van der Waals surface area contributed by atoms with E-state index in [1.807, 2.05) is 17.8 Å². The molecule has 1 aliphatic heterocycles. The summed E-state index contributed by atoms with van der Waals surface area (Å²) in [6, 6.07) is 10.8. The first-order valence-corrected chi connectivity index (χ1v) is 6.36. The molecule has 0 aromatic heterocycles. The van der Waals surface area contributed by atoms with Gasteiger partial charge >= 0.3 is 0 Å². The summed E-state index contributed by atoms with van der Waals surface area (Å²) in [6.45, 7) is 2.23. The SMILES string of the molecule is CC1C=CC=C2SC(c3ccccc3)=NC21. The van der Waals surface area contributed by atoms with Gasteiger partial charge in [0.05, 0.1) is 6.04 Å². The number of hydrogen-bond acceptors (Lipinski definition) is 2. The number of rotatable bonds is 1. The Kier molecular flexibility index (Phi) is 2.44. The van der Waals surface area contributed by atoms with Crippen molar-refractivity contribution in [3.8, 4) is 0 Å². The van der Waals surface area contributed by atoms with E-state index in [-0.39, 0.29) is 0 Å². The number of nitrogens with zero attached hydrogens (tertiary/aromatic N) is 1. The van der Waals surface area contributed by atoms with E-state index < -0.39 is 0 Å². The normalized spacial score (nSPS) is 27.3. The molecule has 2 heteroatoms. The topological polar surface area (TPSA) is 12.4 Å². The van der Waals surface area contributed by atoms with Crippen LogP contribution in [0.25, 0.3) is 0 Å². The van der Waals surface area contributed by atoms with Crippen LogP contribution in [0.5, 0.6) is 0 Å². The summed E-state index contributed by atoms with van der Waals surface area (Å²) < 4.78 is 0. The molecule has 16 heavy (non-hydrogen) atoms. The zero-order valence-electron chi connectivity index (χ0n) is 9.13. The molecule has 0 saturated carbocycles. The molecule has 1 aromatic carbocycles. The molecule has 0 bridgehead atoms. The number of benzene rings is 1. The standard InChI is InChI=1S/C14H13NS/c1-10-6-5-9-12-13(10)15-14(16-12)11-7-3-2-4-8-11/h2-10,13H,1H3. The van der Waals surface area contributed by atoms with Crippen LogP contribution in [-0.4, -0.2) is 11.1 Å². The summed E-state index contributed by atoms with van der Waals surface area (Å²) >= 11 is 1.81. The molecule has 0 radical (unpaired) electrons. The second-order valence-corrected chi connectivity index (χ2v) is 5.22. The van der Waals surface area contributed by atoms with Crippen LogP contribution in [0.2, 0.25) is 0 Å². The van der Waals surface area contributed by atoms with Crippen molar-refractivity contribution < 1.29 is 0 Å². The van der Waals surface area contributed by atoms with Crippen LogP contribution in [0.15, 0.2) is 58.5 Å². The van der Waals surface area contributed by atoms with Gasteiger partial charge in [0.25, 0.3) is 0 Å². The highest BCUT2D eigenvalue weighted by Crippen LogP contribution is 2.39. The average molecular weight is 227 g/mol. The Morgan fingerprint density at radius 1 is 1.19 bits per heavy atom. The molecule has 1 heterocycles. The van der Waals surface area contributed by atoms with E-state index in [2.05, 4.69) is 49.4 Å². The molecule has 0 spiro atoms. The van der Waals surface area contributed by atoms with E-state index in [0.29, 0.717) is 12.0 Å². The highest BCUT2D eigenvalue weighted by Gasteiger charge is 2.29. The Hall–Kier alpha value is -1.28. The number of aliphatic imine (C=N–C) groups is 1. The molecule has 0 saturated heterocycles. The fourth-order valence-electron chi connectivity index (χ4n) is 2.04. The van der Waals surface area contributed by atoms with Crippen LogP contribution >= 0.6 is 11.8 Å². The van der Waals surface area contributed by atoms with Gasteiger partial charge in [-0.05, 0) is 0 Å². The molecule has 0 amide bonds. The highest BCUT2D eigenvalue weighted by atomic mass is 32.2. The number of allylic oxidation sites excluding steroid dienone is 2. The van der Waals surface area contributed by atoms with Crippen molar-refractivity contribution >= 4 is 16.8 Å². The van der Waals surface area contributed by atoms with Crippen molar-refractivity contribution in [2.24, 2.45) is 10.9 Å². The van der Waals surface area contributed by atoms with Gasteiger partial charge in [0, 0.05) is 16.4 Å². The van der Waals surface area contributed by atoms with Crippen LogP contribution in [0.4, 0.5) is 0 Å². The summed E-state index contributed by atoms with van der Waals surface area (Å²) in [7, 11) is 0. The first kappa shape index (κ1) is 9.91. The Morgan fingerprint density at radius 3 is 2.75 bits per heavy atom. The second kappa shape index (κ2) is 3.95. The predicted molar refractivity (Wildman–Crippen MR) is 70.7 cm³/mol. The van der Waals surface area contributed by atoms with Gasteiger partial charge in [-0.2, -0.15) is 0 Å². The van der Waals surface area contributed by atoms with Crippen LogP contribution in [0, 0.1) is 5.92 Å². The molecule has 2 unspecified atom stereocenters. The van der Waals surface area contributed by atoms with Crippen LogP contribution in [0.1, 0.15) is 12.5 Å². The fraction of sp³-hybridized carbons (Fsp3) is 0.214. The Bertz CT molecular complexity index is 485. The lowest BCUT2D eigenvalue weighted by Gasteiger charge is -2.16. The average Bonchev–Trinajstić information content (AvgIpc) is 2.76. The molecule has 1 nitrogen and oxygen atoms in total. The molecular weight excluding hydrogens is 214 g/mol. The van der Waals surface area contributed by atoms with Gasteiger partial charge in [-0.3, -0.25) is 4.99 Å². The summed E-state index contributed by atoms with van der Waals surface area (Å²) in [4.78, 5) is 6.20. The van der Waals surface area contributed by atoms with E-state index in [4.69, 9.17) is 4.99 Å². The maximum atomic E-state index is 4.82. The van der Waals surface area contributed by atoms with Gasteiger partial charge < -0.3 is 0 Å². The number of thioether (sulfide) groups is 1.